The summed E-state index contributed by atoms with van der Waals surface area (Å²) in [5, 5.41) is 8.92. The lowest BCUT2D eigenvalue weighted by Gasteiger charge is -2.26. The van der Waals surface area contributed by atoms with E-state index in [0.717, 1.165) is 19.4 Å². The molecule has 2 nitrogen and oxygen atoms in total. The molecule has 0 radical (unpaired) electrons. The molecule has 1 N–H and O–H groups in total. The molecular formula is C10H20O2. The van der Waals surface area contributed by atoms with E-state index in [0.29, 0.717) is 11.8 Å². The summed E-state index contributed by atoms with van der Waals surface area (Å²) in [6, 6.07) is 0. The van der Waals surface area contributed by atoms with Crippen molar-refractivity contribution in [3.05, 3.63) is 0 Å². The highest BCUT2D eigenvalue weighted by atomic mass is 16.5. The highest BCUT2D eigenvalue weighted by Gasteiger charge is 2.34. The van der Waals surface area contributed by atoms with Crippen LogP contribution >= 0.6 is 0 Å². The Hall–Kier alpha value is -0.0800. The van der Waals surface area contributed by atoms with E-state index in [9.17, 15) is 0 Å². The zero-order chi connectivity index (χ0) is 9.19. The van der Waals surface area contributed by atoms with Gasteiger partial charge in [0.05, 0.1) is 5.60 Å². The second kappa shape index (κ2) is 3.75. The van der Waals surface area contributed by atoms with Gasteiger partial charge in [-0.25, -0.2) is 0 Å². The molecule has 0 amide bonds. The van der Waals surface area contributed by atoms with E-state index in [-0.39, 0.29) is 12.2 Å². The van der Waals surface area contributed by atoms with Crippen LogP contribution < -0.4 is 0 Å². The minimum absolute atomic E-state index is 0.0293. The van der Waals surface area contributed by atoms with Crippen LogP contribution in [0.4, 0.5) is 0 Å². The summed E-state index contributed by atoms with van der Waals surface area (Å²) in [5.41, 5.74) is 0.0293. The number of ether oxygens (including phenoxy) is 1. The molecule has 0 aliphatic carbocycles. The first kappa shape index (κ1) is 10.0. The van der Waals surface area contributed by atoms with Gasteiger partial charge in [0.25, 0.3) is 0 Å². The van der Waals surface area contributed by atoms with Crippen molar-refractivity contribution in [2.45, 2.75) is 39.2 Å². The van der Waals surface area contributed by atoms with Crippen molar-refractivity contribution in [2.75, 3.05) is 13.2 Å². The molecule has 1 fully saturated rings. The topological polar surface area (TPSA) is 29.5 Å². The Labute approximate surface area is 74.9 Å². The van der Waals surface area contributed by atoms with Crippen molar-refractivity contribution < 1.29 is 9.84 Å². The van der Waals surface area contributed by atoms with Crippen molar-refractivity contribution >= 4 is 0 Å². The minimum atomic E-state index is 0.0293. The third-order valence-electron chi connectivity index (χ3n) is 2.59. The number of hydrogen-bond donors (Lipinski definition) is 1. The Morgan fingerprint density at radius 2 is 2.33 bits per heavy atom. The van der Waals surface area contributed by atoms with E-state index >= 15 is 0 Å². The van der Waals surface area contributed by atoms with Gasteiger partial charge in [-0.2, -0.15) is 0 Å². The Morgan fingerprint density at radius 3 is 2.75 bits per heavy atom. The van der Waals surface area contributed by atoms with Crippen LogP contribution in [-0.4, -0.2) is 23.9 Å². The molecule has 2 heteroatoms. The number of aliphatic hydroxyl groups is 1. The van der Waals surface area contributed by atoms with Crippen molar-refractivity contribution in [3.63, 3.8) is 0 Å². The van der Waals surface area contributed by atoms with Gasteiger partial charge in [0.2, 0.25) is 0 Å². The maximum atomic E-state index is 8.92. The molecule has 72 valence electrons. The van der Waals surface area contributed by atoms with Gasteiger partial charge in [0.15, 0.2) is 0 Å². The number of hydrogen-bond acceptors (Lipinski definition) is 2. The standard InChI is InChI=1S/C10H20O2/c1-8(6-11)4-10(3)5-9(2)7-12-10/h8-9,11H,4-7H2,1-3H3. The van der Waals surface area contributed by atoms with Crippen LogP contribution in [0.2, 0.25) is 0 Å². The molecule has 0 saturated carbocycles. The van der Waals surface area contributed by atoms with Crippen LogP contribution in [0.3, 0.4) is 0 Å². The maximum Gasteiger partial charge on any atom is 0.0661 e. The molecule has 1 aliphatic rings. The SMILES string of the molecule is CC(CO)CC1(C)CC(C)CO1. The Balaban J connectivity index is 2.39. The van der Waals surface area contributed by atoms with Crippen LogP contribution in [0, 0.1) is 11.8 Å². The third kappa shape index (κ3) is 2.46. The summed E-state index contributed by atoms with van der Waals surface area (Å²) in [5.74, 6) is 1.04. The largest absolute Gasteiger partial charge is 0.396 e. The lowest BCUT2D eigenvalue weighted by molar-refractivity contribution is -0.00475. The molecule has 1 rings (SSSR count). The first-order valence-electron chi connectivity index (χ1n) is 4.80. The summed E-state index contributed by atoms with van der Waals surface area (Å²) < 4.78 is 5.71. The van der Waals surface area contributed by atoms with Gasteiger partial charge >= 0.3 is 0 Å². The molecule has 0 aromatic carbocycles. The van der Waals surface area contributed by atoms with Gasteiger partial charge in [-0.3, -0.25) is 0 Å². The number of rotatable bonds is 3. The molecule has 0 aromatic heterocycles. The van der Waals surface area contributed by atoms with E-state index in [1.54, 1.807) is 0 Å². The molecule has 3 atom stereocenters. The highest BCUT2D eigenvalue weighted by molar-refractivity contribution is 4.84. The maximum absolute atomic E-state index is 8.92. The average molecular weight is 172 g/mol. The van der Waals surface area contributed by atoms with Crippen LogP contribution in [-0.2, 0) is 4.74 Å². The monoisotopic (exact) mass is 172 g/mol. The van der Waals surface area contributed by atoms with Gasteiger partial charge in [-0.1, -0.05) is 13.8 Å². The fourth-order valence-electron chi connectivity index (χ4n) is 2.14. The van der Waals surface area contributed by atoms with E-state index in [2.05, 4.69) is 20.8 Å². The molecule has 0 aromatic rings. The fraction of sp³-hybridized carbons (Fsp3) is 1.00. The fourth-order valence-corrected chi connectivity index (χ4v) is 2.14. The van der Waals surface area contributed by atoms with E-state index in [1.807, 2.05) is 0 Å². The molecule has 3 unspecified atom stereocenters. The molecule has 1 aliphatic heterocycles. The van der Waals surface area contributed by atoms with Crippen LogP contribution in [0.25, 0.3) is 0 Å². The van der Waals surface area contributed by atoms with Gasteiger partial charge in [-0.05, 0) is 31.6 Å². The quantitative estimate of drug-likeness (QED) is 0.703. The lowest BCUT2D eigenvalue weighted by atomic mass is 9.88. The van der Waals surface area contributed by atoms with Crippen molar-refractivity contribution in [1.82, 2.24) is 0 Å². The predicted molar refractivity (Wildman–Crippen MR) is 49.0 cm³/mol. The van der Waals surface area contributed by atoms with Crippen LogP contribution in [0.5, 0.6) is 0 Å². The predicted octanol–water partition coefficient (Wildman–Crippen LogP) is 1.82. The normalized spacial score (nSPS) is 38.5. The van der Waals surface area contributed by atoms with E-state index in [4.69, 9.17) is 9.84 Å². The first-order valence-corrected chi connectivity index (χ1v) is 4.80. The summed E-state index contributed by atoms with van der Waals surface area (Å²) in [6.45, 7) is 7.59. The second-order valence-corrected chi connectivity index (χ2v) is 4.56. The van der Waals surface area contributed by atoms with Gasteiger partial charge in [0, 0.05) is 13.2 Å². The Morgan fingerprint density at radius 1 is 1.67 bits per heavy atom. The molecule has 1 saturated heterocycles. The van der Waals surface area contributed by atoms with Gasteiger partial charge < -0.3 is 9.84 Å². The lowest BCUT2D eigenvalue weighted by Crippen LogP contribution is -2.27. The van der Waals surface area contributed by atoms with E-state index < -0.39 is 0 Å². The first-order chi connectivity index (χ1) is 5.56. The zero-order valence-corrected chi connectivity index (χ0v) is 8.34. The Bertz CT molecular complexity index is 147. The molecule has 0 spiro atoms. The third-order valence-corrected chi connectivity index (χ3v) is 2.59. The molecule has 1 heterocycles. The average Bonchev–Trinajstić information content (AvgIpc) is 2.30. The highest BCUT2D eigenvalue weighted by Crippen LogP contribution is 2.34. The summed E-state index contributed by atoms with van der Waals surface area (Å²) in [7, 11) is 0. The molecular weight excluding hydrogens is 152 g/mol. The second-order valence-electron chi connectivity index (χ2n) is 4.56. The Kier molecular flexibility index (Phi) is 3.13. The van der Waals surface area contributed by atoms with Crippen molar-refractivity contribution in [2.24, 2.45) is 11.8 Å². The van der Waals surface area contributed by atoms with Crippen LogP contribution in [0.15, 0.2) is 0 Å². The number of aliphatic hydroxyl groups excluding tert-OH is 1. The minimum Gasteiger partial charge on any atom is -0.396 e. The van der Waals surface area contributed by atoms with Gasteiger partial charge in [-0.15, -0.1) is 0 Å². The summed E-state index contributed by atoms with van der Waals surface area (Å²) in [6.07, 6.45) is 2.12. The summed E-state index contributed by atoms with van der Waals surface area (Å²) >= 11 is 0. The van der Waals surface area contributed by atoms with Crippen LogP contribution in [0.1, 0.15) is 33.6 Å². The van der Waals surface area contributed by atoms with Gasteiger partial charge in [0.1, 0.15) is 0 Å². The van der Waals surface area contributed by atoms with Crippen molar-refractivity contribution in [3.8, 4) is 0 Å². The van der Waals surface area contributed by atoms with E-state index in [1.165, 1.54) is 0 Å². The zero-order valence-electron chi connectivity index (χ0n) is 8.34. The smallest absolute Gasteiger partial charge is 0.0661 e. The summed E-state index contributed by atoms with van der Waals surface area (Å²) in [4.78, 5) is 0. The van der Waals surface area contributed by atoms with Crippen molar-refractivity contribution in [1.29, 1.82) is 0 Å². The molecule has 0 bridgehead atoms. The molecule has 12 heavy (non-hydrogen) atoms.